The standard InChI is InChI=1S/C29H30N2O3S2/c1-17-10-12-23(18(2)14-17)31-28(33)26-22-8-6-5-7-9-25(22)36-27(26)30-29(31)35-16-21-15-20(19(3)32)11-13-24(21)34-4/h10-15H,5-9,16H2,1-4H3. The van der Waals surface area contributed by atoms with Crippen LogP contribution in [0.25, 0.3) is 15.9 Å². The van der Waals surface area contributed by atoms with Crippen molar-refractivity contribution in [3.63, 3.8) is 0 Å². The molecule has 2 aromatic heterocycles. The summed E-state index contributed by atoms with van der Waals surface area (Å²) in [6.07, 6.45) is 5.46. The van der Waals surface area contributed by atoms with Crippen LogP contribution in [0.1, 0.15) is 63.7 Å². The molecular weight excluding hydrogens is 488 g/mol. The van der Waals surface area contributed by atoms with Crippen molar-refractivity contribution in [2.24, 2.45) is 0 Å². The van der Waals surface area contributed by atoms with Gasteiger partial charge in [0.2, 0.25) is 0 Å². The molecule has 7 heteroatoms. The van der Waals surface area contributed by atoms with Crippen LogP contribution in [0.5, 0.6) is 5.75 Å². The highest BCUT2D eigenvalue weighted by Crippen LogP contribution is 2.36. The predicted octanol–water partition coefficient (Wildman–Crippen LogP) is 6.84. The molecule has 36 heavy (non-hydrogen) atoms. The van der Waals surface area contributed by atoms with E-state index in [9.17, 15) is 9.59 Å². The number of nitrogens with zero attached hydrogens (tertiary/aromatic N) is 2. The molecule has 0 amide bonds. The minimum Gasteiger partial charge on any atom is -0.496 e. The summed E-state index contributed by atoms with van der Waals surface area (Å²) in [7, 11) is 1.63. The number of fused-ring (bicyclic) bond motifs is 3. The number of aromatic nitrogens is 2. The third-order valence-electron chi connectivity index (χ3n) is 6.85. The Morgan fingerprint density at radius 3 is 2.67 bits per heavy atom. The molecule has 1 aliphatic rings. The van der Waals surface area contributed by atoms with Crippen molar-refractivity contribution in [3.05, 3.63) is 79.4 Å². The van der Waals surface area contributed by atoms with Crippen molar-refractivity contribution in [2.45, 2.75) is 63.8 Å². The summed E-state index contributed by atoms with van der Waals surface area (Å²) < 4.78 is 7.36. The van der Waals surface area contributed by atoms with Crippen LogP contribution >= 0.6 is 23.1 Å². The molecule has 5 rings (SSSR count). The molecule has 0 aliphatic heterocycles. The molecule has 0 atom stereocenters. The third kappa shape index (κ3) is 4.62. The lowest BCUT2D eigenvalue weighted by Crippen LogP contribution is -2.22. The van der Waals surface area contributed by atoms with Gasteiger partial charge in [-0.25, -0.2) is 4.98 Å². The fourth-order valence-electron chi connectivity index (χ4n) is 4.98. The van der Waals surface area contributed by atoms with Gasteiger partial charge in [-0.1, -0.05) is 35.9 Å². The number of carbonyl (C=O) groups excluding carboxylic acids is 1. The molecule has 0 N–H and O–H groups in total. The highest BCUT2D eigenvalue weighted by atomic mass is 32.2. The van der Waals surface area contributed by atoms with Gasteiger partial charge in [-0.05, 0) is 81.8 Å². The van der Waals surface area contributed by atoms with Crippen LogP contribution in [0.4, 0.5) is 0 Å². The van der Waals surface area contributed by atoms with Gasteiger partial charge in [0, 0.05) is 21.8 Å². The number of thiophene rings is 1. The van der Waals surface area contributed by atoms with E-state index in [2.05, 4.69) is 13.0 Å². The maximum absolute atomic E-state index is 14.2. The minimum absolute atomic E-state index is 0.00993. The number of carbonyl (C=O) groups is 1. The summed E-state index contributed by atoms with van der Waals surface area (Å²) in [5, 5.41) is 1.45. The van der Waals surface area contributed by atoms with E-state index in [0.29, 0.717) is 16.5 Å². The molecule has 2 heterocycles. The second-order valence-corrected chi connectivity index (χ2v) is 11.5. The monoisotopic (exact) mass is 518 g/mol. The highest BCUT2D eigenvalue weighted by molar-refractivity contribution is 7.98. The second kappa shape index (κ2) is 10.2. The molecule has 0 bridgehead atoms. The van der Waals surface area contributed by atoms with Gasteiger partial charge in [0.25, 0.3) is 5.56 Å². The molecule has 4 aromatic rings. The van der Waals surface area contributed by atoms with Gasteiger partial charge in [0.1, 0.15) is 10.6 Å². The van der Waals surface area contributed by atoms with Crippen molar-refractivity contribution in [1.82, 2.24) is 9.55 Å². The first-order chi connectivity index (χ1) is 17.4. The topological polar surface area (TPSA) is 61.2 Å². The van der Waals surface area contributed by atoms with Crippen molar-refractivity contribution in [3.8, 4) is 11.4 Å². The zero-order valence-corrected chi connectivity index (χ0v) is 22.8. The molecule has 1 aliphatic carbocycles. The van der Waals surface area contributed by atoms with Crippen LogP contribution < -0.4 is 10.3 Å². The van der Waals surface area contributed by atoms with Crippen LogP contribution in [-0.4, -0.2) is 22.4 Å². The van der Waals surface area contributed by atoms with E-state index in [1.54, 1.807) is 36.0 Å². The zero-order chi connectivity index (χ0) is 25.4. The van der Waals surface area contributed by atoms with Crippen molar-refractivity contribution >= 4 is 39.1 Å². The zero-order valence-electron chi connectivity index (χ0n) is 21.1. The Morgan fingerprint density at radius 2 is 1.92 bits per heavy atom. The first kappa shape index (κ1) is 24.8. The third-order valence-corrected chi connectivity index (χ3v) is 9.02. The molecule has 5 nitrogen and oxygen atoms in total. The summed E-state index contributed by atoms with van der Waals surface area (Å²) in [5.74, 6) is 1.26. The van der Waals surface area contributed by atoms with Crippen LogP contribution in [0.15, 0.2) is 46.3 Å². The van der Waals surface area contributed by atoms with Crippen molar-refractivity contribution in [1.29, 1.82) is 0 Å². The lowest BCUT2D eigenvalue weighted by Gasteiger charge is -2.16. The number of thioether (sulfide) groups is 1. The van der Waals surface area contributed by atoms with Crippen LogP contribution in [0.2, 0.25) is 0 Å². The molecule has 0 unspecified atom stereocenters. The van der Waals surface area contributed by atoms with Gasteiger partial charge < -0.3 is 4.74 Å². The van der Waals surface area contributed by atoms with E-state index >= 15 is 0 Å². The lowest BCUT2D eigenvalue weighted by molar-refractivity contribution is 0.101. The van der Waals surface area contributed by atoms with Crippen LogP contribution in [0.3, 0.4) is 0 Å². The van der Waals surface area contributed by atoms with E-state index in [1.807, 2.05) is 31.2 Å². The number of benzene rings is 2. The molecule has 0 saturated carbocycles. The van der Waals surface area contributed by atoms with Gasteiger partial charge in [-0.15, -0.1) is 11.3 Å². The van der Waals surface area contributed by atoms with Gasteiger partial charge in [-0.3, -0.25) is 14.2 Å². The van der Waals surface area contributed by atoms with Crippen LogP contribution in [0, 0.1) is 13.8 Å². The molecule has 0 radical (unpaired) electrons. The Morgan fingerprint density at radius 1 is 1.11 bits per heavy atom. The summed E-state index contributed by atoms with van der Waals surface area (Å²) in [5.41, 5.74) is 5.82. The van der Waals surface area contributed by atoms with E-state index < -0.39 is 0 Å². The van der Waals surface area contributed by atoms with E-state index in [4.69, 9.17) is 9.72 Å². The summed E-state index contributed by atoms with van der Waals surface area (Å²) in [6.45, 7) is 5.66. The smallest absolute Gasteiger partial charge is 0.267 e. The molecule has 186 valence electrons. The Balaban J connectivity index is 1.67. The average molecular weight is 519 g/mol. The number of hydrogen-bond donors (Lipinski definition) is 0. The number of hydrogen-bond acceptors (Lipinski definition) is 6. The normalized spacial score (nSPS) is 13.4. The average Bonchev–Trinajstić information content (AvgIpc) is 3.04. The maximum Gasteiger partial charge on any atom is 0.267 e. The summed E-state index contributed by atoms with van der Waals surface area (Å²) >= 11 is 3.18. The fraction of sp³-hybridized carbons (Fsp3) is 0.345. The van der Waals surface area contributed by atoms with E-state index in [0.717, 1.165) is 57.6 Å². The Hall–Kier alpha value is -2.90. The van der Waals surface area contributed by atoms with Gasteiger partial charge in [-0.2, -0.15) is 0 Å². The van der Waals surface area contributed by atoms with Gasteiger partial charge in [0.05, 0.1) is 18.2 Å². The van der Waals surface area contributed by atoms with Crippen molar-refractivity contribution < 1.29 is 9.53 Å². The van der Waals surface area contributed by atoms with Crippen molar-refractivity contribution in [2.75, 3.05) is 7.11 Å². The number of ketones is 1. The lowest BCUT2D eigenvalue weighted by atomic mass is 10.1. The predicted molar refractivity (Wildman–Crippen MR) is 149 cm³/mol. The SMILES string of the molecule is COc1ccc(C(C)=O)cc1CSc1nc2sc3c(c2c(=O)n1-c1ccc(C)cc1C)CCCCC3. The number of aryl methyl sites for hydroxylation is 4. The molecule has 0 fully saturated rings. The Bertz CT molecular complexity index is 1530. The maximum atomic E-state index is 14.2. The highest BCUT2D eigenvalue weighted by Gasteiger charge is 2.23. The number of methoxy groups -OCH3 is 1. The summed E-state index contributed by atoms with van der Waals surface area (Å²) in [6, 6.07) is 11.7. The summed E-state index contributed by atoms with van der Waals surface area (Å²) in [4.78, 5) is 33.4. The number of Topliss-reactive ketones (excluding diaryl/α,β-unsaturated/α-hetero) is 1. The number of ether oxygens (including phenoxy) is 1. The van der Waals surface area contributed by atoms with E-state index in [1.165, 1.54) is 35.0 Å². The second-order valence-electron chi connectivity index (χ2n) is 9.44. The van der Waals surface area contributed by atoms with Gasteiger partial charge in [0.15, 0.2) is 10.9 Å². The number of rotatable bonds is 6. The largest absolute Gasteiger partial charge is 0.496 e. The van der Waals surface area contributed by atoms with E-state index in [-0.39, 0.29) is 11.3 Å². The van der Waals surface area contributed by atoms with Crippen LogP contribution in [-0.2, 0) is 18.6 Å². The quantitative estimate of drug-likeness (QED) is 0.121. The first-order valence-corrected chi connectivity index (χ1v) is 14.1. The molecule has 2 aromatic carbocycles. The molecular formula is C29H30N2O3S2. The Labute approximate surface area is 219 Å². The molecule has 0 saturated heterocycles. The van der Waals surface area contributed by atoms with Gasteiger partial charge >= 0.3 is 0 Å². The Kier molecular flexibility index (Phi) is 7.04. The molecule has 0 spiro atoms. The minimum atomic E-state index is 0.00993. The first-order valence-electron chi connectivity index (χ1n) is 12.3. The fourth-order valence-corrected chi connectivity index (χ4v) is 7.27.